The summed E-state index contributed by atoms with van der Waals surface area (Å²) >= 11 is -2.03. The topological polar surface area (TPSA) is 51.8 Å². The molecule has 0 N–H and O–H groups in total. The first-order valence-corrected chi connectivity index (χ1v) is 25.1. The minimum atomic E-state index is -2.03. The Bertz CT molecular complexity index is 2390. The molecule has 0 aliphatic heterocycles. The van der Waals surface area contributed by atoms with Crippen LogP contribution in [0, 0.1) is 31.9 Å². The summed E-state index contributed by atoms with van der Waals surface area (Å²) < 4.78 is 24.6. The molecule has 7 rings (SSSR count). The Morgan fingerprint density at radius 1 is 0.750 bits per heavy atom. The molecule has 0 aliphatic carbocycles. The number of rotatable bonds is 7. The first-order chi connectivity index (χ1) is 24.9. The van der Waals surface area contributed by atoms with E-state index in [0.29, 0.717) is 5.71 Å². The number of aromatic nitrogens is 3. The SMILES string of the molecule is [2H]C(C)(C)c1cc(-c2[c-]cccc2)nc[c]1[Ge]([CH3])([CH3])[CH3].[2H]C(C)(c1ccnc(-c2[c-]cc3oc4nc(-c5c(C)cccc5C)ccc4c3c2)c1)C(C)C.[Ir]. The number of benzene rings is 3. The van der Waals surface area contributed by atoms with Crippen LogP contribution < -0.4 is 4.40 Å². The van der Waals surface area contributed by atoms with Gasteiger partial charge in [-0.15, -0.1) is 23.8 Å². The van der Waals surface area contributed by atoms with Crippen LogP contribution in [0.25, 0.3) is 55.8 Å². The molecule has 1 unspecified atom stereocenters. The van der Waals surface area contributed by atoms with Crippen LogP contribution in [0.1, 0.15) is 71.4 Å². The zero-order chi connectivity index (χ0) is 38.3. The molecule has 4 aromatic heterocycles. The molecular formula is C46H49GeIrN3O-2. The third-order valence-corrected chi connectivity index (χ3v) is 13.8. The monoisotopic (exact) mass is 928 g/mol. The summed E-state index contributed by atoms with van der Waals surface area (Å²) in [6.07, 6.45) is 3.78. The van der Waals surface area contributed by atoms with Gasteiger partial charge < -0.3 is 9.40 Å². The van der Waals surface area contributed by atoms with E-state index >= 15 is 0 Å². The summed E-state index contributed by atoms with van der Waals surface area (Å²) in [6, 6.07) is 34.8. The van der Waals surface area contributed by atoms with Crippen molar-refractivity contribution in [3.63, 3.8) is 0 Å². The zero-order valence-electron chi connectivity index (χ0n) is 33.9. The second kappa shape index (κ2) is 16.4. The predicted molar refractivity (Wildman–Crippen MR) is 217 cm³/mol. The number of hydrogen-bond donors (Lipinski definition) is 0. The summed E-state index contributed by atoms with van der Waals surface area (Å²) in [4.78, 5) is 14.0. The van der Waals surface area contributed by atoms with E-state index in [0.717, 1.165) is 61.3 Å². The summed E-state index contributed by atoms with van der Waals surface area (Å²) in [5.74, 6) is 5.95. The van der Waals surface area contributed by atoms with Gasteiger partial charge in [0.05, 0.1) is 11.3 Å². The van der Waals surface area contributed by atoms with Gasteiger partial charge in [-0.3, -0.25) is 0 Å². The van der Waals surface area contributed by atoms with Crippen LogP contribution in [0.3, 0.4) is 0 Å². The molecule has 0 bridgehead atoms. The number of hydrogen-bond acceptors (Lipinski definition) is 4. The van der Waals surface area contributed by atoms with Crippen molar-refractivity contribution >= 4 is 39.7 Å². The summed E-state index contributed by atoms with van der Waals surface area (Å²) in [6.45, 7) is 14.2. The van der Waals surface area contributed by atoms with Gasteiger partial charge in [-0.25, -0.2) is 4.98 Å². The molecule has 6 heteroatoms. The fourth-order valence-corrected chi connectivity index (χ4v) is 9.75. The minimum Gasteiger partial charge on any atom is -0.486 e. The Labute approximate surface area is 329 Å². The molecule has 4 heterocycles. The van der Waals surface area contributed by atoms with E-state index in [1.807, 2.05) is 69.4 Å². The molecular weight excluding hydrogens is 875 g/mol. The van der Waals surface area contributed by atoms with E-state index in [1.54, 1.807) is 6.20 Å². The van der Waals surface area contributed by atoms with E-state index in [-0.39, 0.29) is 26.0 Å². The first kappa shape index (κ1) is 36.5. The molecule has 1 atom stereocenters. The van der Waals surface area contributed by atoms with Gasteiger partial charge in [0.25, 0.3) is 0 Å². The van der Waals surface area contributed by atoms with Crippen molar-refractivity contribution in [2.75, 3.05) is 0 Å². The molecule has 0 spiro atoms. The number of pyridine rings is 3. The van der Waals surface area contributed by atoms with E-state index in [4.69, 9.17) is 12.1 Å². The smallest absolute Gasteiger partial charge is 0.216 e. The summed E-state index contributed by atoms with van der Waals surface area (Å²) in [5.41, 5.74) is 11.5. The first-order valence-electron chi connectivity index (χ1n) is 18.7. The maximum atomic E-state index is 8.76. The average Bonchev–Trinajstić information content (AvgIpc) is 3.48. The number of aryl methyl sites for hydroxylation is 2. The molecule has 7 aromatic rings. The fourth-order valence-electron chi connectivity index (χ4n) is 6.43. The van der Waals surface area contributed by atoms with E-state index in [1.165, 1.54) is 15.5 Å². The molecule has 4 nitrogen and oxygen atoms in total. The quantitative estimate of drug-likeness (QED) is 0.118. The van der Waals surface area contributed by atoms with Crippen LogP contribution in [-0.4, -0.2) is 28.2 Å². The largest absolute Gasteiger partial charge is 0.486 e. The molecule has 269 valence electrons. The molecule has 0 aliphatic rings. The molecule has 0 fully saturated rings. The van der Waals surface area contributed by atoms with Crippen molar-refractivity contribution in [2.45, 2.75) is 77.5 Å². The van der Waals surface area contributed by atoms with Crippen molar-refractivity contribution in [3.8, 4) is 33.8 Å². The van der Waals surface area contributed by atoms with Crippen LogP contribution in [0.15, 0.2) is 102 Å². The number of fused-ring (bicyclic) bond motifs is 3. The van der Waals surface area contributed by atoms with Crippen molar-refractivity contribution in [3.05, 3.63) is 132 Å². The van der Waals surface area contributed by atoms with E-state index < -0.39 is 25.1 Å². The molecule has 52 heavy (non-hydrogen) atoms. The zero-order valence-corrected chi connectivity index (χ0v) is 36.4. The van der Waals surface area contributed by atoms with Crippen molar-refractivity contribution in [1.29, 1.82) is 0 Å². The van der Waals surface area contributed by atoms with Crippen LogP contribution >= 0.6 is 0 Å². The van der Waals surface area contributed by atoms with Crippen LogP contribution in [0.4, 0.5) is 0 Å². The van der Waals surface area contributed by atoms with Crippen molar-refractivity contribution in [1.82, 2.24) is 15.0 Å². The molecule has 0 saturated heterocycles. The van der Waals surface area contributed by atoms with Crippen LogP contribution in [0.2, 0.25) is 17.3 Å². The maximum absolute atomic E-state index is 8.76. The van der Waals surface area contributed by atoms with Gasteiger partial charge in [0.15, 0.2) is 0 Å². The van der Waals surface area contributed by atoms with Crippen molar-refractivity contribution < 1.29 is 27.3 Å². The predicted octanol–water partition coefficient (Wildman–Crippen LogP) is 12.1. The van der Waals surface area contributed by atoms with Crippen LogP contribution in [-0.2, 0) is 20.1 Å². The molecule has 0 amide bonds. The molecule has 3 aromatic carbocycles. The van der Waals surface area contributed by atoms with Gasteiger partial charge in [-0.05, 0) is 60.7 Å². The Hall–Kier alpha value is -3.90. The maximum Gasteiger partial charge on any atom is 0.216 e. The van der Waals surface area contributed by atoms with Gasteiger partial charge in [0.1, 0.15) is 0 Å². The van der Waals surface area contributed by atoms with Gasteiger partial charge >= 0.3 is 120 Å². The Morgan fingerprint density at radius 3 is 2.13 bits per heavy atom. The van der Waals surface area contributed by atoms with Crippen molar-refractivity contribution in [2.24, 2.45) is 5.92 Å². The number of nitrogens with zero attached hydrogens (tertiary/aromatic N) is 3. The Balaban J connectivity index is 0.000000230. The second-order valence-corrected chi connectivity index (χ2v) is 25.5. The van der Waals surface area contributed by atoms with Gasteiger partial charge in [0.2, 0.25) is 5.71 Å². The summed E-state index contributed by atoms with van der Waals surface area (Å²) in [7, 11) is 0. The molecule has 0 saturated carbocycles. The van der Waals surface area contributed by atoms with Gasteiger partial charge in [0, 0.05) is 38.6 Å². The summed E-state index contributed by atoms with van der Waals surface area (Å²) in [5, 5.41) is 1.96. The standard InChI is InChI=1S/C29H27N2O.C17H22GeN.Ir/c1-17(2)20(5)21-13-14-30-26(16-21)22-9-12-27-24(15-22)23-10-11-25(31-29(23)32-27)28-18(3)7-6-8-19(28)4;1-13(2)15-11-17(14-9-7-6-8-10-14)19-12-16(15)18(3,4)5;/h6-8,10-17,20H,1-5H3;6-9,11-13H,1-5H3;/q2*-1;/i20D;13D;. The Kier molecular flexibility index (Phi) is 11.5. The fraction of sp³-hybridized carbons (Fsp3) is 0.283. The second-order valence-electron chi connectivity index (χ2n) is 15.0. The average molecular weight is 927 g/mol. The minimum absolute atomic E-state index is 0. The van der Waals surface area contributed by atoms with Gasteiger partial charge in [-0.2, -0.15) is 0 Å². The normalized spacial score (nSPS) is 13.5. The third-order valence-electron chi connectivity index (χ3n) is 9.60. The third kappa shape index (κ3) is 8.49. The molecule has 1 radical (unpaired) electrons. The van der Waals surface area contributed by atoms with Gasteiger partial charge in [-0.1, -0.05) is 56.0 Å². The Morgan fingerprint density at radius 2 is 1.48 bits per heavy atom. The number of furan rings is 1. The van der Waals surface area contributed by atoms with E-state index in [2.05, 4.69) is 110 Å². The van der Waals surface area contributed by atoms with E-state index in [9.17, 15) is 0 Å². The van der Waals surface area contributed by atoms with Crippen LogP contribution in [0.5, 0.6) is 0 Å².